The van der Waals surface area contributed by atoms with Gasteiger partial charge in [-0.3, -0.25) is 4.79 Å². The summed E-state index contributed by atoms with van der Waals surface area (Å²) < 4.78 is 23.2. The van der Waals surface area contributed by atoms with Gasteiger partial charge in [0.25, 0.3) is 15.1 Å². The molecule has 1 rings (SSSR count). The van der Waals surface area contributed by atoms with E-state index >= 15 is 0 Å². The van der Waals surface area contributed by atoms with Crippen molar-refractivity contribution in [3.8, 4) is 0 Å². The maximum atomic E-state index is 11.2. The van der Waals surface area contributed by atoms with Gasteiger partial charge in [0, 0.05) is 5.56 Å². The topological polar surface area (TPSA) is 63.2 Å². The summed E-state index contributed by atoms with van der Waals surface area (Å²) in [6.07, 6.45) is 0. The molecule has 6 heteroatoms. The first-order valence-corrected chi connectivity index (χ1v) is 5.16. The Morgan fingerprint density at radius 1 is 1.23 bits per heavy atom. The maximum absolute atomic E-state index is 11.2. The Morgan fingerprint density at radius 2 is 1.77 bits per heavy atom. The van der Waals surface area contributed by atoms with Crippen LogP contribution in [0.1, 0.15) is 10.4 Å². The molecule has 0 atom stereocenters. The molecule has 0 aliphatic carbocycles. The minimum absolute atomic E-state index is 0.0793. The Hall–Kier alpha value is -0.910. The van der Waals surface area contributed by atoms with Crippen molar-refractivity contribution in [2.45, 2.75) is 0 Å². The van der Waals surface area contributed by atoms with E-state index in [1.54, 1.807) is 18.2 Å². The van der Waals surface area contributed by atoms with Gasteiger partial charge in [0.15, 0.2) is 0 Å². The molecule has 0 fully saturated rings. The van der Waals surface area contributed by atoms with E-state index < -0.39 is 15.1 Å². The lowest BCUT2D eigenvalue weighted by molar-refractivity contribution is 0.107. The first kappa shape index (κ1) is 10.2. The van der Waals surface area contributed by atoms with E-state index in [-0.39, 0.29) is 5.56 Å². The number of nitrogens with one attached hydrogen (secondary N) is 1. The fourth-order valence-corrected chi connectivity index (χ4v) is 1.49. The Morgan fingerprint density at radius 3 is 2.23 bits per heavy atom. The van der Waals surface area contributed by atoms with Crippen LogP contribution in [0, 0.1) is 0 Å². The van der Waals surface area contributed by atoms with Gasteiger partial charge in [-0.1, -0.05) is 30.3 Å². The van der Waals surface area contributed by atoms with Crippen LogP contribution in [0.15, 0.2) is 30.3 Å². The molecule has 0 bridgehead atoms. The SMILES string of the molecule is O=C(c1ccccc1)S(=O)(=O)NCl. The zero-order valence-electron chi connectivity index (χ0n) is 6.40. The summed E-state index contributed by atoms with van der Waals surface area (Å²) in [6.45, 7) is 0. The lowest BCUT2D eigenvalue weighted by atomic mass is 10.2. The molecule has 0 aromatic heterocycles. The van der Waals surface area contributed by atoms with E-state index in [9.17, 15) is 13.2 Å². The summed E-state index contributed by atoms with van der Waals surface area (Å²) in [5, 5.41) is -1.04. The van der Waals surface area contributed by atoms with Gasteiger partial charge >= 0.3 is 0 Å². The number of rotatable bonds is 2. The molecule has 1 N–H and O–H groups in total. The predicted molar refractivity (Wildman–Crippen MR) is 48.7 cm³/mol. The van der Waals surface area contributed by atoms with E-state index in [1.807, 2.05) is 0 Å². The fraction of sp³-hybridized carbons (Fsp3) is 0. The van der Waals surface area contributed by atoms with E-state index in [1.165, 1.54) is 16.4 Å². The van der Waals surface area contributed by atoms with Crippen molar-refractivity contribution in [3.63, 3.8) is 0 Å². The summed E-state index contributed by atoms with van der Waals surface area (Å²) >= 11 is 4.88. The van der Waals surface area contributed by atoms with Gasteiger partial charge in [0.05, 0.1) is 0 Å². The quantitative estimate of drug-likeness (QED) is 0.752. The minimum Gasteiger partial charge on any atom is -0.274 e. The minimum atomic E-state index is -4.07. The average Bonchev–Trinajstić information content (AvgIpc) is 2.18. The fourth-order valence-electron chi connectivity index (χ4n) is 0.764. The van der Waals surface area contributed by atoms with E-state index in [4.69, 9.17) is 11.8 Å². The monoisotopic (exact) mass is 219 g/mol. The van der Waals surface area contributed by atoms with Crippen molar-refractivity contribution >= 4 is 26.9 Å². The molecular formula is C7H6ClNO3S. The molecule has 70 valence electrons. The first-order valence-electron chi connectivity index (χ1n) is 3.30. The molecule has 0 amide bonds. The summed E-state index contributed by atoms with van der Waals surface area (Å²) in [6, 6.07) is 7.60. The summed E-state index contributed by atoms with van der Waals surface area (Å²) in [5.41, 5.74) is 0.0793. The van der Waals surface area contributed by atoms with Crippen LogP contribution in [-0.2, 0) is 10.0 Å². The van der Waals surface area contributed by atoms with Gasteiger partial charge in [-0.2, -0.15) is 0 Å². The van der Waals surface area contributed by atoms with Crippen LogP contribution in [0.4, 0.5) is 0 Å². The molecule has 1 aromatic rings. The van der Waals surface area contributed by atoms with Gasteiger partial charge in [0.1, 0.15) is 0 Å². The molecule has 1 aromatic carbocycles. The average molecular weight is 220 g/mol. The standard InChI is InChI=1S/C7H6ClNO3S/c8-9-13(11,12)7(10)6-4-2-1-3-5-6/h1-5,9H. The normalized spacial score (nSPS) is 11.2. The molecule has 0 heterocycles. The van der Waals surface area contributed by atoms with E-state index in [0.717, 1.165) is 0 Å². The third-order valence-corrected chi connectivity index (χ3v) is 2.89. The highest BCUT2D eigenvalue weighted by molar-refractivity contribution is 8.05. The smallest absolute Gasteiger partial charge is 0.274 e. The largest absolute Gasteiger partial charge is 0.292 e. The highest BCUT2D eigenvalue weighted by Crippen LogP contribution is 2.04. The van der Waals surface area contributed by atoms with Gasteiger partial charge in [-0.05, 0) is 11.8 Å². The number of hydrogen-bond donors (Lipinski definition) is 1. The maximum Gasteiger partial charge on any atom is 0.292 e. The van der Waals surface area contributed by atoms with Gasteiger partial charge in [0.2, 0.25) is 0 Å². The second kappa shape index (κ2) is 3.87. The van der Waals surface area contributed by atoms with Gasteiger partial charge in [-0.25, -0.2) is 8.42 Å². The lowest BCUT2D eigenvalue weighted by Crippen LogP contribution is -2.23. The van der Waals surface area contributed by atoms with Crippen molar-refractivity contribution in [1.29, 1.82) is 0 Å². The molecule has 0 radical (unpaired) electrons. The lowest BCUT2D eigenvalue weighted by Gasteiger charge is -1.98. The molecular weight excluding hydrogens is 214 g/mol. The second-order valence-electron chi connectivity index (χ2n) is 2.23. The second-order valence-corrected chi connectivity index (χ2v) is 4.23. The van der Waals surface area contributed by atoms with Crippen LogP contribution in [0.2, 0.25) is 0 Å². The predicted octanol–water partition coefficient (Wildman–Crippen LogP) is 0.900. The molecule has 0 aliphatic rings. The van der Waals surface area contributed by atoms with Crippen molar-refractivity contribution in [3.05, 3.63) is 35.9 Å². The summed E-state index contributed by atoms with van der Waals surface area (Å²) in [7, 11) is -4.07. The van der Waals surface area contributed by atoms with Crippen LogP contribution in [0.5, 0.6) is 0 Å². The molecule has 0 spiro atoms. The van der Waals surface area contributed by atoms with Crippen LogP contribution in [0.3, 0.4) is 0 Å². The zero-order chi connectivity index (χ0) is 9.90. The van der Waals surface area contributed by atoms with Gasteiger partial charge < -0.3 is 0 Å². The Labute approximate surface area is 80.7 Å². The number of halogens is 1. The zero-order valence-corrected chi connectivity index (χ0v) is 7.97. The van der Waals surface area contributed by atoms with Gasteiger partial charge in [-0.15, -0.1) is 4.24 Å². The van der Waals surface area contributed by atoms with Crippen molar-refractivity contribution < 1.29 is 13.2 Å². The van der Waals surface area contributed by atoms with Crippen LogP contribution in [0.25, 0.3) is 0 Å². The highest BCUT2D eigenvalue weighted by atomic mass is 35.5. The molecule has 0 saturated heterocycles. The number of benzene rings is 1. The Kier molecular flexibility index (Phi) is 3.02. The van der Waals surface area contributed by atoms with Crippen molar-refractivity contribution in [1.82, 2.24) is 4.24 Å². The number of carbonyl (C=O) groups is 1. The molecule has 0 saturated carbocycles. The van der Waals surface area contributed by atoms with Crippen LogP contribution >= 0.6 is 11.8 Å². The van der Waals surface area contributed by atoms with Crippen molar-refractivity contribution in [2.75, 3.05) is 0 Å². The van der Waals surface area contributed by atoms with Crippen molar-refractivity contribution in [2.24, 2.45) is 0 Å². The number of carbonyl (C=O) groups excluding carboxylic acids is 1. The summed E-state index contributed by atoms with van der Waals surface area (Å²) in [4.78, 5) is 11.2. The molecule has 13 heavy (non-hydrogen) atoms. The number of sulfonamides is 1. The Balaban J connectivity index is 3.07. The third kappa shape index (κ3) is 2.27. The molecule has 0 aliphatic heterocycles. The molecule has 4 nitrogen and oxygen atoms in total. The Bertz CT molecular complexity index is 401. The van der Waals surface area contributed by atoms with E-state index in [2.05, 4.69) is 0 Å². The molecule has 0 unspecified atom stereocenters. The highest BCUT2D eigenvalue weighted by Gasteiger charge is 2.21. The third-order valence-electron chi connectivity index (χ3n) is 1.36. The van der Waals surface area contributed by atoms with E-state index in [0.29, 0.717) is 0 Å². The van der Waals surface area contributed by atoms with Crippen LogP contribution < -0.4 is 4.24 Å². The number of hydrogen-bond acceptors (Lipinski definition) is 3. The summed E-state index contributed by atoms with van der Waals surface area (Å²) in [5.74, 6) is 0. The first-order chi connectivity index (χ1) is 6.08. The van der Waals surface area contributed by atoms with Crippen LogP contribution in [-0.4, -0.2) is 13.5 Å².